The highest BCUT2D eigenvalue weighted by atomic mass is 32.2. The lowest BCUT2D eigenvalue weighted by Crippen LogP contribution is -2.45. The average molecular weight is 398 g/mol. The molecule has 1 amide bonds. The van der Waals surface area contributed by atoms with Gasteiger partial charge in [0.25, 0.3) is 0 Å². The predicted molar refractivity (Wildman–Crippen MR) is 98.4 cm³/mol. The van der Waals surface area contributed by atoms with Crippen molar-refractivity contribution < 1.29 is 27.4 Å². The second kappa shape index (κ2) is 8.45. The van der Waals surface area contributed by atoms with E-state index in [0.29, 0.717) is 57.3 Å². The number of fused-ring (bicyclic) bond motifs is 1. The molecule has 1 aromatic carbocycles. The number of benzene rings is 1. The van der Waals surface area contributed by atoms with Gasteiger partial charge < -0.3 is 19.5 Å². The number of piperidine rings is 1. The van der Waals surface area contributed by atoms with Crippen LogP contribution in [-0.4, -0.2) is 64.7 Å². The molecule has 9 heteroatoms. The maximum Gasteiger partial charge on any atom is 0.243 e. The van der Waals surface area contributed by atoms with Crippen LogP contribution in [0.1, 0.15) is 19.8 Å². The van der Waals surface area contributed by atoms with Crippen molar-refractivity contribution >= 4 is 15.9 Å². The number of ether oxygens (including phenoxy) is 3. The molecule has 0 aromatic heterocycles. The van der Waals surface area contributed by atoms with Crippen LogP contribution >= 0.6 is 0 Å². The minimum absolute atomic E-state index is 0.0454. The Bertz CT molecular complexity index is 774. The lowest BCUT2D eigenvalue weighted by Gasteiger charge is -2.31. The minimum Gasteiger partial charge on any atom is -0.486 e. The van der Waals surface area contributed by atoms with Crippen molar-refractivity contribution in [3.8, 4) is 11.5 Å². The van der Waals surface area contributed by atoms with Gasteiger partial charge in [0.2, 0.25) is 15.9 Å². The summed E-state index contributed by atoms with van der Waals surface area (Å²) in [4.78, 5) is 12.5. The number of nitrogens with one attached hydrogen (secondary N) is 1. The molecule has 0 bridgehead atoms. The molecule has 1 fully saturated rings. The quantitative estimate of drug-likeness (QED) is 0.769. The fourth-order valence-corrected chi connectivity index (χ4v) is 4.83. The summed E-state index contributed by atoms with van der Waals surface area (Å²) in [5.74, 6) is 0.774. The maximum absolute atomic E-state index is 12.9. The van der Waals surface area contributed by atoms with Crippen molar-refractivity contribution in [2.45, 2.75) is 30.7 Å². The number of rotatable bonds is 6. The summed E-state index contributed by atoms with van der Waals surface area (Å²) < 4.78 is 43.2. The van der Waals surface area contributed by atoms with Crippen LogP contribution in [-0.2, 0) is 19.6 Å². The summed E-state index contributed by atoms with van der Waals surface area (Å²) in [5, 5.41) is 2.91. The highest BCUT2D eigenvalue weighted by Crippen LogP contribution is 2.34. The molecular weight excluding hydrogens is 372 g/mol. The minimum atomic E-state index is -3.63. The third kappa shape index (κ3) is 4.53. The van der Waals surface area contributed by atoms with Crippen LogP contribution in [0.2, 0.25) is 0 Å². The van der Waals surface area contributed by atoms with Crippen LogP contribution < -0.4 is 14.8 Å². The molecule has 0 radical (unpaired) electrons. The van der Waals surface area contributed by atoms with E-state index in [0.717, 1.165) is 0 Å². The van der Waals surface area contributed by atoms with E-state index < -0.39 is 10.0 Å². The van der Waals surface area contributed by atoms with E-state index in [1.807, 2.05) is 6.92 Å². The van der Waals surface area contributed by atoms with Crippen molar-refractivity contribution in [2.75, 3.05) is 40.0 Å². The van der Waals surface area contributed by atoms with E-state index in [9.17, 15) is 13.2 Å². The Morgan fingerprint density at radius 2 is 1.93 bits per heavy atom. The summed E-state index contributed by atoms with van der Waals surface area (Å²) in [5.41, 5.74) is 0. The van der Waals surface area contributed by atoms with E-state index >= 15 is 0 Å². The molecule has 1 saturated heterocycles. The van der Waals surface area contributed by atoms with E-state index in [2.05, 4.69) is 5.32 Å². The smallest absolute Gasteiger partial charge is 0.243 e. The Morgan fingerprint density at radius 3 is 2.59 bits per heavy atom. The number of amides is 1. The Kier molecular flexibility index (Phi) is 6.23. The second-order valence-corrected chi connectivity index (χ2v) is 8.79. The van der Waals surface area contributed by atoms with Crippen molar-refractivity contribution in [3.63, 3.8) is 0 Å². The third-order valence-corrected chi connectivity index (χ3v) is 6.68. The Labute approximate surface area is 159 Å². The molecule has 150 valence electrons. The molecule has 0 spiro atoms. The first-order valence-electron chi connectivity index (χ1n) is 9.11. The Morgan fingerprint density at radius 1 is 1.26 bits per heavy atom. The lowest BCUT2D eigenvalue weighted by atomic mass is 9.97. The molecular formula is C18H26N2O6S. The Hall–Kier alpha value is -1.84. The van der Waals surface area contributed by atoms with Crippen LogP contribution in [0.25, 0.3) is 0 Å². The largest absolute Gasteiger partial charge is 0.486 e. The van der Waals surface area contributed by atoms with Gasteiger partial charge in [-0.2, -0.15) is 4.31 Å². The highest BCUT2D eigenvalue weighted by Gasteiger charge is 2.33. The molecule has 1 N–H and O–H groups in total. The zero-order valence-corrected chi connectivity index (χ0v) is 16.5. The first-order chi connectivity index (χ1) is 12.9. The van der Waals surface area contributed by atoms with Gasteiger partial charge in [0, 0.05) is 38.2 Å². The molecule has 1 unspecified atom stereocenters. The first kappa shape index (κ1) is 19.9. The van der Waals surface area contributed by atoms with Gasteiger partial charge in [0.15, 0.2) is 11.5 Å². The molecule has 2 aliphatic rings. The lowest BCUT2D eigenvalue weighted by molar-refractivity contribution is -0.127. The molecule has 3 rings (SSSR count). The van der Waals surface area contributed by atoms with Crippen LogP contribution in [0, 0.1) is 5.92 Å². The monoisotopic (exact) mass is 398 g/mol. The number of carbonyl (C=O) groups excluding carboxylic acids is 1. The zero-order valence-electron chi connectivity index (χ0n) is 15.6. The van der Waals surface area contributed by atoms with Gasteiger partial charge >= 0.3 is 0 Å². The van der Waals surface area contributed by atoms with Crippen LogP contribution in [0.3, 0.4) is 0 Å². The van der Waals surface area contributed by atoms with E-state index in [4.69, 9.17) is 14.2 Å². The van der Waals surface area contributed by atoms with Gasteiger partial charge in [-0.25, -0.2) is 8.42 Å². The normalized spacial score (nSPS) is 19.5. The van der Waals surface area contributed by atoms with Gasteiger partial charge in [-0.05, 0) is 31.9 Å². The molecule has 2 aliphatic heterocycles. The summed E-state index contributed by atoms with van der Waals surface area (Å²) in [7, 11) is -2.04. The number of nitrogens with zero attached hydrogens (tertiary/aromatic N) is 1. The standard InChI is InChI=1S/C18H26N2O6S/c1-13(12-24-2)19-18(21)14-5-7-20(8-6-14)27(22,23)15-3-4-16-17(11-15)26-10-9-25-16/h3-4,11,13-14H,5-10,12H2,1-2H3,(H,19,21). The van der Waals surface area contributed by atoms with Crippen molar-refractivity contribution in [2.24, 2.45) is 5.92 Å². The number of methoxy groups -OCH3 is 1. The maximum atomic E-state index is 12.9. The van der Waals surface area contributed by atoms with Crippen LogP contribution in [0.15, 0.2) is 23.1 Å². The van der Waals surface area contributed by atoms with Gasteiger partial charge in [-0.1, -0.05) is 0 Å². The van der Waals surface area contributed by atoms with Gasteiger partial charge in [-0.15, -0.1) is 0 Å². The first-order valence-corrected chi connectivity index (χ1v) is 10.5. The Balaban J connectivity index is 1.62. The van der Waals surface area contributed by atoms with Gasteiger partial charge in [0.1, 0.15) is 13.2 Å². The number of carbonyl (C=O) groups is 1. The van der Waals surface area contributed by atoms with Crippen molar-refractivity contribution in [1.82, 2.24) is 9.62 Å². The molecule has 0 saturated carbocycles. The molecule has 1 aromatic rings. The molecule has 1 atom stereocenters. The number of hydrogen-bond acceptors (Lipinski definition) is 6. The number of hydrogen-bond donors (Lipinski definition) is 1. The summed E-state index contributed by atoms with van der Waals surface area (Å²) >= 11 is 0. The van der Waals surface area contributed by atoms with Crippen molar-refractivity contribution in [3.05, 3.63) is 18.2 Å². The molecule has 0 aliphatic carbocycles. The van der Waals surface area contributed by atoms with Gasteiger partial charge in [0.05, 0.1) is 11.5 Å². The summed E-state index contributed by atoms with van der Waals surface area (Å²) in [6.45, 7) is 3.81. The van der Waals surface area contributed by atoms with E-state index in [-0.39, 0.29) is 22.8 Å². The average Bonchev–Trinajstić information content (AvgIpc) is 2.67. The molecule has 8 nitrogen and oxygen atoms in total. The highest BCUT2D eigenvalue weighted by molar-refractivity contribution is 7.89. The summed E-state index contributed by atoms with van der Waals surface area (Å²) in [6.07, 6.45) is 0.991. The zero-order chi connectivity index (χ0) is 19.4. The topological polar surface area (TPSA) is 94.2 Å². The van der Waals surface area contributed by atoms with Crippen molar-refractivity contribution in [1.29, 1.82) is 0 Å². The van der Waals surface area contributed by atoms with E-state index in [1.165, 1.54) is 16.4 Å². The fraction of sp³-hybridized carbons (Fsp3) is 0.611. The van der Waals surface area contributed by atoms with E-state index in [1.54, 1.807) is 13.2 Å². The summed E-state index contributed by atoms with van der Waals surface area (Å²) in [6, 6.07) is 4.60. The molecule has 27 heavy (non-hydrogen) atoms. The predicted octanol–water partition coefficient (Wildman–Crippen LogP) is 1.01. The van der Waals surface area contributed by atoms with Crippen LogP contribution in [0.5, 0.6) is 11.5 Å². The number of sulfonamides is 1. The van der Waals surface area contributed by atoms with Crippen LogP contribution in [0.4, 0.5) is 0 Å². The fourth-order valence-electron chi connectivity index (χ4n) is 3.34. The molecule has 2 heterocycles. The second-order valence-electron chi connectivity index (χ2n) is 6.85. The third-order valence-electron chi connectivity index (χ3n) is 4.78. The SMILES string of the molecule is COCC(C)NC(=O)C1CCN(S(=O)(=O)c2ccc3c(c2)OCCO3)CC1. The van der Waals surface area contributed by atoms with Gasteiger partial charge in [-0.3, -0.25) is 4.79 Å².